The van der Waals surface area contributed by atoms with Crippen LogP contribution in [-0.2, 0) is 6.42 Å². The van der Waals surface area contributed by atoms with Crippen molar-refractivity contribution in [1.29, 1.82) is 0 Å². The fourth-order valence-corrected chi connectivity index (χ4v) is 4.77. The van der Waals surface area contributed by atoms with Crippen LogP contribution in [0.3, 0.4) is 0 Å². The maximum Gasteiger partial charge on any atom is 0.123 e. The van der Waals surface area contributed by atoms with Crippen LogP contribution >= 0.6 is 0 Å². The first-order chi connectivity index (χ1) is 12.5. The zero-order chi connectivity index (χ0) is 18.3. The largest absolute Gasteiger partial charge is 0.393 e. The highest BCUT2D eigenvalue weighted by atomic mass is 19.1. The van der Waals surface area contributed by atoms with Crippen molar-refractivity contribution in [2.75, 3.05) is 0 Å². The maximum absolute atomic E-state index is 13.2. The number of aliphatic hydroxyl groups is 1. The van der Waals surface area contributed by atoms with E-state index in [1.54, 1.807) is 12.1 Å². The standard InChI is InChI=1S/C22H25FN2O/c1-3-4-5-21(26)19-11-6-16-12-20-15(13-22(16,19)2)14-24-25(20)18-9-7-17(23)8-10-18/h3,7-10,12,14,19,21,26H,1,4-6,11,13H2,2H3/t19-,21-,22+/m1/s1. The van der Waals surface area contributed by atoms with Gasteiger partial charge in [-0.2, -0.15) is 5.10 Å². The average molecular weight is 352 g/mol. The van der Waals surface area contributed by atoms with Crippen molar-refractivity contribution >= 4 is 6.08 Å². The molecule has 0 saturated heterocycles. The van der Waals surface area contributed by atoms with E-state index in [1.807, 2.05) is 17.0 Å². The highest BCUT2D eigenvalue weighted by Crippen LogP contribution is 2.54. The van der Waals surface area contributed by atoms with Crippen molar-refractivity contribution in [2.45, 2.75) is 45.1 Å². The highest BCUT2D eigenvalue weighted by molar-refractivity contribution is 5.61. The SMILES string of the molecule is C=CCC[C@@H](O)[C@H]1CCC2=Cc3c(cnn3-c3ccc(F)cc3)C[C@@]21C. The number of nitrogens with zero attached hydrogens (tertiary/aromatic N) is 2. The zero-order valence-electron chi connectivity index (χ0n) is 15.2. The summed E-state index contributed by atoms with van der Waals surface area (Å²) in [4.78, 5) is 0. The van der Waals surface area contributed by atoms with Crippen molar-refractivity contribution in [3.05, 3.63) is 65.8 Å². The molecule has 1 aromatic heterocycles. The van der Waals surface area contributed by atoms with Crippen LogP contribution in [0.5, 0.6) is 0 Å². The van der Waals surface area contributed by atoms with Gasteiger partial charge in [0.05, 0.1) is 23.7 Å². The summed E-state index contributed by atoms with van der Waals surface area (Å²) in [6.45, 7) is 6.05. The number of benzene rings is 1. The Morgan fingerprint density at radius 2 is 2.19 bits per heavy atom. The zero-order valence-corrected chi connectivity index (χ0v) is 15.2. The van der Waals surface area contributed by atoms with Crippen molar-refractivity contribution in [1.82, 2.24) is 9.78 Å². The minimum atomic E-state index is -0.294. The molecule has 3 nitrogen and oxygen atoms in total. The Labute approximate surface area is 153 Å². The predicted octanol–water partition coefficient (Wildman–Crippen LogP) is 4.69. The van der Waals surface area contributed by atoms with E-state index in [2.05, 4.69) is 24.7 Å². The molecule has 0 aliphatic heterocycles. The van der Waals surface area contributed by atoms with Gasteiger partial charge >= 0.3 is 0 Å². The molecule has 1 saturated carbocycles. The smallest absolute Gasteiger partial charge is 0.123 e. The Hall–Kier alpha value is -2.20. The Morgan fingerprint density at radius 3 is 2.92 bits per heavy atom. The molecule has 2 aliphatic carbocycles. The topological polar surface area (TPSA) is 38.1 Å². The Morgan fingerprint density at radius 1 is 1.42 bits per heavy atom. The monoisotopic (exact) mass is 352 g/mol. The Kier molecular flexibility index (Phi) is 4.31. The third-order valence-electron chi connectivity index (χ3n) is 6.23. The first kappa shape index (κ1) is 17.2. The molecule has 0 unspecified atom stereocenters. The average Bonchev–Trinajstić information content (AvgIpc) is 3.18. The molecule has 4 heteroatoms. The second-order valence-corrected chi connectivity index (χ2v) is 7.79. The minimum absolute atomic E-state index is 0.00968. The van der Waals surface area contributed by atoms with Crippen LogP contribution in [0.1, 0.15) is 43.9 Å². The van der Waals surface area contributed by atoms with E-state index in [0.717, 1.165) is 43.5 Å². The lowest BCUT2D eigenvalue weighted by molar-refractivity contribution is 0.0505. The number of rotatable bonds is 5. The second-order valence-electron chi connectivity index (χ2n) is 7.79. The molecule has 1 heterocycles. The molecular weight excluding hydrogens is 327 g/mol. The number of aromatic nitrogens is 2. The number of halogens is 1. The minimum Gasteiger partial charge on any atom is -0.393 e. The van der Waals surface area contributed by atoms with E-state index in [0.29, 0.717) is 0 Å². The number of hydrogen-bond donors (Lipinski definition) is 1. The summed E-state index contributed by atoms with van der Waals surface area (Å²) in [5.41, 5.74) is 4.54. The molecule has 136 valence electrons. The van der Waals surface area contributed by atoms with Crippen molar-refractivity contribution in [3.63, 3.8) is 0 Å². The fourth-order valence-electron chi connectivity index (χ4n) is 4.77. The van der Waals surface area contributed by atoms with E-state index in [9.17, 15) is 9.50 Å². The molecule has 2 aromatic rings. The van der Waals surface area contributed by atoms with Crippen molar-refractivity contribution in [3.8, 4) is 5.69 Å². The Balaban J connectivity index is 1.66. The van der Waals surface area contributed by atoms with Gasteiger partial charge in [-0.25, -0.2) is 9.07 Å². The molecule has 1 aromatic carbocycles. The second kappa shape index (κ2) is 6.51. The van der Waals surface area contributed by atoms with Crippen molar-refractivity contribution in [2.24, 2.45) is 11.3 Å². The van der Waals surface area contributed by atoms with E-state index in [-0.39, 0.29) is 23.3 Å². The van der Waals surface area contributed by atoms with Crippen LogP contribution in [0.4, 0.5) is 4.39 Å². The molecule has 0 radical (unpaired) electrons. The maximum atomic E-state index is 13.2. The molecule has 0 amide bonds. The number of allylic oxidation sites excluding steroid dienone is 2. The molecule has 2 aliphatic rings. The summed E-state index contributed by atoms with van der Waals surface area (Å²) in [6.07, 6.45) is 10.3. The fraction of sp³-hybridized carbons (Fsp3) is 0.409. The summed E-state index contributed by atoms with van der Waals surface area (Å²) >= 11 is 0. The van der Waals surface area contributed by atoms with Gasteiger partial charge in [0.1, 0.15) is 5.82 Å². The molecule has 0 spiro atoms. The molecule has 4 rings (SSSR count). The van der Waals surface area contributed by atoms with E-state index in [1.165, 1.54) is 23.3 Å². The predicted molar refractivity (Wildman–Crippen MR) is 101 cm³/mol. The van der Waals surface area contributed by atoms with Gasteiger partial charge in [0.25, 0.3) is 0 Å². The lowest BCUT2D eigenvalue weighted by Gasteiger charge is -2.38. The van der Waals surface area contributed by atoms with Gasteiger partial charge in [-0.15, -0.1) is 6.58 Å². The summed E-state index contributed by atoms with van der Waals surface area (Å²) in [7, 11) is 0. The summed E-state index contributed by atoms with van der Waals surface area (Å²) in [5, 5.41) is 15.3. The number of aliphatic hydroxyl groups excluding tert-OH is 1. The van der Waals surface area contributed by atoms with E-state index in [4.69, 9.17) is 0 Å². The summed E-state index contributed by atoms with van der Waals surface area (Å²) in [5.74, 6) is 0.0314. The highest BCUT2D eigenvalue weighted by Gasteiger charge is 2.47. The van der Waals surface area contributed by atoms with Gasteiger partial charge in [0.15, 0.2) is 0 Å². The number of hydrogen-bond acceptors (Lipinski definition) is 2. The number of fused-ring (bicyclic) bond motifs is 2. The van der Waals surface area contributed by atoms with Crippen LogP contribution < -0.4 is 0 Å². The summed E-state index contributed by atoms with van der Waals surface area (Å²) in [6, 6.07) is 6.44. The molecule has 3 atom stereocenters. The Bertz CT molecular complexity index is 852. The van der Waals surface area contributed by atoms with Gasteiger partial charge in [-0.05, 0) is 79.3 Å². The third kappa shape index (κ3) is 2.73. The van der Waals surface area contributed by atoms with Gasteiger partial charge in [-0.3, -0.25) is 0 Å². The molecule has 26 heavy (non-hydrogen) atoms. The quantitative estimate of drug-likeness (QED) is 0.793. The third-order valence-corrected chi connectivity index (χ3v) is 6.23. The van der Waals surface area contributed by atoms with E-state index >= 15 is 0 Å². The van der Waals surface area contributed by atoms with Crippen LogP contribution in [-0.4, -0.2) is 21.0 Å². The molecule has 1 fully saturated rings. The van der Waals surface area contributed by atoms with Gasteiger partial charge < -0.3 is 5.11 Å². The van der Waals surface area contributed by atoms with Gasteiger partial charge in [0, 0.05) is 0 Å². The van der Waals surface area contributed by atoms with Crippen LogP contribution in [0, 0.1) is 17.2 Å². The van der Waals surface area contributed by atoms with Crippen molar-refractivity contribution < 1.29 is 9.50 Å². The van der Waals surface area contributed by atoms with Crippen LogP contribution in [0.15, 0.2) is 48.7 Å². The lowest BCUT2D eigenvalue weighted by atomic mass is 9.67. The molecule has 1 N–H and O–H groups in total. The molecule has 0 bridgehead atoms. The van der Waals surface area contributed by atoms with Crippen LogP contribution in [0.25, 0.3) is 11.8 Å². The normalized spacial score (nSPS) is 25.3. The summed E-state index contributed by atoms with van der Waals surface area (Å²) < 4.78 is 15.1. The lowest BCUT2D eigenvalue weighted by Crippen LogP contribution is -2.36. The van der Waals surface area contributed by atoms with Crippen LogP contribution in [0.2, 0.25) is 0 Å². The first-order valence-corrected chi connectivity index (χ1v) is 9.36. The van der Waals surface area contributed by atoms with Gasteiger partial charge in [0.2, 0.25) is 0 Å². The van der Waals surface area contributed by atoms with E-state index < -0.39 is 0 Å². The molecular formula is C22H25FN2O. The van der Waals surface area contributed by atoms with Gasteiger partial charge in [-0.1, -0.05) is 18.6 Å². The first-order valence-electron chi connectivity index (χ1n) is 9.36.